The first-order valence-electron chi connectivity index (χ1n) is 9.55. The van der Waals surface area contributed by atoms with E-state index in [0.29, 0.717) is 25.7 Å². The maximum atomic E-state index is 10.4. The Morgan fingerprint density at radius 2 is 1.92 bits per heavy atom. The standard InChI is InChI=1S/C20H34O5/c1-2-3-6-10-16-17(19(23)14-18(16)22)13-12-15(21)9-7-4-5-8-11-20(24)25/h4,7,12-13,15-19,21-23H,2-3,5-6,8-11,14H2,1H3,(H,24,25)/b7-4-,13-12+/t15-,16+,17+,18+,19-/m0/s1. The van der Waals surface area contributed by atoms with Crippen LogP contribution in [-0.4, -0.2) is 44.7 Å². The molecule has 5 nitrogen and oxygen atoms in total. The van der Waals surface area contributed by atoms with Crippen molar-refractivity contribution in [2.75, 3.05) is 0 Å². The van der Waals surface area contributed by atoms with E-state index in [4.69, 9.17) is 5.11 Å². The van der Waals surface area contributed by atoms with Gasteiger partial charge in [-0.2, -0.15) is 0 Å². The lowest BCUT2D eigenvalue weighted by atomic mass is 9.88. The number of rotatable bonds is 12. The second-order valence-corrected chi connectivity index (χ2v) is 7.05. The molecule has 0 unspecified atom stereocenters. The first kappa shape index (κ1) is 21.9. The molecule has 1 fully saturated rings. The molecule has 1 aliphatic rings. The summed E-state index contributed by atoms with van der Waals surface area (Å²) in [7, 11) is 0. The zero-order valence-corrected chi connectivity index (χ0v) is 15.3. The normalized spacial score (nSPS) is 28.2. The lowest BCUT2D eigenvalue weighted by Crippen LogP contribution is -2.21. The van der Waals surface area contributed by atoms with Gasteiger partial charge in [0.25, 0.3) is 0 Å². The first-order valence-corrected chi connectivity index (χ1v) is 9.55. The van der Waals surface area contributed by atoms with Crippen LogP contribution in [0.4, 0.5) is 0 Å². The molecule has 1 rings (SSSR count). The van der Waals surface area contributed by atoms with E-state index in [0.717, 1.165) is 25.7 Å². The van der Waals surface area contributed by atoms with E-state index in [2.05, 4.69) is 6.92 Å². The molecule has 0 saturated heterocycles. The summed E-state index contributed by atoms with van der Waals surface area (Å²) in [5.41, 5.74) is 0. The second-order valence-electron chi connectivity index (χ2n) is 7.05. The molecule has 0 heterocycles. The quantitative estimate of drug-likeness (QED) is 0.319. The Balaban J connectivity index is 2.39. The zero-order valence-electron chi connectivity index (χ0n) is 15.3. The number of aliphatic hydroxyl groups excluding tert-OH is 3. The number of carboxylic acids is 1. The molecule has 0 bridgehead atoms. The van der Waals surface area contributed by atoms with Crippen molar-refractivity contribution in [1.82, 2.24) is 0 Å². The largest absolute Gasteiger partial charge is 0.481 e. The number of hydrogen-bond acceptors (Lipinski definition) is 4. The van der Waals surface area contributed by atoms with Crippen LogP contribution in [0.3, 0.4) is 0 Å². The van der Waals surface area contributed by atoms with E-state index < -0.39 is 24.3 Å². The Kier molecular flexibility index (Phi) is 10.7. The van der Waals surface area contributed by atoms with Crippen LogP contribution in [-0.2, 0) is 4.79 Å². The van der Waals surface area contributed by atoms with Crippen LogP contribution in [0.1, 0.15) is 64.7 Å². The van der Waals surface area contributed by atoms with Crippen LogP contribution in [0.25, 0.3) is 0 Å². The molecule has 1 aliphatic carbocycles. The highest BCUT2D eigenvalue weighted by molar-refractivity contribution is 5.66. The Labute approximate surface area is 151 Å². The van der Waals surface area contributed by atoms with Gasteiger partial charge < -0.3 is 20.4 Å². The van der Waals surface area contributed by atoms with Gasteiger partial charge in [-0.25, -0.2) is 0 Å². The molecule has 0 aliphatic heterocycles. The fourth-order valence-electron chi connectivity index (χ4n) is 3.47. The van der Waals surface area contributed by atoms with E-state index in [1.54, 1.807) is 6.08 Å². The third-order valence-corrected chi connectivity index (χ3v) is 4.92. The third kappa shape index (κ3) is 8.66. The molecule has 0 aromatic rings. The number of carbonyl (C=O) groups is 1. The van der Waals surface area contributed by atoms with Gasteiger partial charge in [0.1, 0.15) is 0 Å². The SMILES string of the molecule is CCCCC[C@@H]1[C@@H](/C=C/[C@@H](O)C/C=C\CCCC(=O)O)[C@@H](O)C[C@H]1O. The van der Waals surface area contributed by atoms with Gasteiger partial charge in [-0.1, -0.05) is 50.5 Å². The van der Waals surface area contributed by atoms with Gasteiger partial charge in [-0.15, -0.1) is 0 Å². The molecular weight excluding hydrogens is 320 g/mol. The maximum Gasteiger partial charge on any atom is 0.303 e. The van der Waals surface area contributed by atoms with Gasteiger partial charge in [0, 0.05) is 18.8 Å². The van der Waals surface area contributed by atoms with Crippen LogP contribution in [0.15, 0.2) is 24.3 Å². The number of aliphatic carboxylic acids is 1. The summed E-state index contributed by atoms with van der Waals surface area (Å²) >= 11 is 0. The zero-order chi connectivity index (χ0) is 18.7. The molecule has 144 valence electrons. The molecule has 5 heteroatoms. The molecule has 0 aromatic heterocycles. The van der Waals surface area contributed by atoms with Crippen molar-refractivity contribution in [2.45, 2.75) is 83.0 Å². The second kappa shape index (κ2) is 12.2. The molecule has 0 spiro atoms. The van der Waals surface area contributed by atoms with Gasteiger partial charge >= 0.3 is 5.97 Å². The maximum absolute atomic E-state index is 10.4. The summed E-state index contributed by atoms with van der Waals surface area (Å²) in [4.78, 5) is 10.4. The average Bonchev–Trinajstić information content (AvgIpc) is 2.82. The minimum Gasteiger partial charge on any atom is -0.481 e. The van der Waals surface area contributed by atoms with Crippen molar-refractivity contribution in [2.24, 2.45) is 11.8 Å². The van der Waals surface area contributed by atoms with Crippen LogP contribution >= 0.6 is 0 Å². The highest BCUT2D eigenvalue weighted by Gasteiger charge is 2.39. The predicted molar refractivity (Wildman–Crippen MR) is 98.1 cm³/mol. The highest BCUT2D eigenvalue weighted by Crippen LogP contribution is 2.37. The topological polar surface area (TPSA) is 98.0 Å². The summed E-state index contributed by atoms with van der Waals surface area (Å²) < 4.78 is 0. The van der Waals surface area contributed by atoms with Gasteiger partial charge in [0.2, 0.25) is 0 Å². The molecule has 0 aromatic carbocycles. The highest BCUT2D eigenvalue weighted by atomic mass is 16.4. The molecule has 25 heavy (non-hydrogen) atoms. The summed E-state index contributed by atoms with van der Waals surface area (Å²) in [6, 6.07) is 0. The summed E-state index contributed by atoms with van der Waals surface area (Å²) in [6.45, 7) is 2.14. The van der Waals surface area contributed by atoms with Gasteiger partial charge in [-0.05, 0) is 31.6 Å². The number of allylic oxidation sites excluding steroid dienone is 1. The number of hydrogen-bond donors (Lipinski definition) is 4. The third-order valence-electron chi connectivity index (χ3n) is 4.92. The fourth-order valence-corrected chi connectivity index (χ4v) is 3.47. The first-order chi connectivity index (χ1) is 12.0. The molecular formula is C20H34O5. The van der Waals surface area contributed by atoms with E-state index in [1.165, 1.54) is 0 Å². The minimum atomic E-state index is -0.790. The molecule has 4 N–H and O–H groups in total. The van der Waals surface area contributed by atoms with Crippen molar-refractivity contribution in [3.05, 3.63) is 24.3 Å². The van der Waals surface area contributed by atoms with Crippen molar-refractivity contribution < 1.29 is 25.2 Å². The average molecular weight is 354 g/mol. The lowest BCUT2D eigenvalue weighted by Gasteiger charge is -2.21. The molecule has 1 saturated carbocycles. The molecule has 0 amide bonds. The summed E-state index contributed by atoms with van der Waals surface area (Å²) in [6.07, 6.45) is 12.2. The predicted octanol–water partition coefficient (Wildman–Crippen LogP) is 3.04. The van der Waals surface area contributed by atoms with Crippen molar-refractivity contribution in [1.29, 1.82) is 0 Å². The number of carboxylic acid groups (broad SMARTS) is 1. The molecule has 0 radical (unpaired) electrons. The van der Waals surface area contributed by atoms with E-state index >= 15 is 0 Å². The van der Waals surface area contributed by atoms with E-state index in [-0.39, 0.29) is 18.3 Å². The Hall–Kier alpha value is -1.17. The smallest absolute Gasteiger partial charge is 0.303 e. The summed E-state index contributed by atoms with van der Waals surface area (Å²) in [5.74, 6) is -0.820. The van der Waals surface area contributed by atoms with Crippen LogP contribution in [0, 0.1) is 11.8 Å². The van der Waals surface area contributed by atoms with Gasteiger partial charge in [0.05, 0.1) is 18.3 Å². The monoisotopic (exact) mass is 354 g/mol. The van der Waals surface area contributed by atoms with Gasteiger partial charge in [0.15, 0.2) is 0 Å². The molecule has 5 atom stereocenters. The summed E-state index contributed by atoms with van der Waals surface area (Å²) in [5, 5.41) is 38.9. The van der Waals surface area contributed by atoms with E-state index in [1.807, 2.05) is 18.2 Å². The fraction of sp³-hybridized carbons (Fsp3) is 0.750. The van der Waals surface area contributed by atoms with Crippen LogP contribution < -0.4 is 0 Å². The van der Waals surface area contributed by atoms with Gasteiger partial charge in [-0.3, -0.25) is 4.79 Å². The Morgan fingerprint density at radius 1 is 1.16 bits per heavy atom. The lowest BCUT2D eigenvalue weighted by molar-refractivity contribution is -0.137. The van der Waals surface area contributed by atoms with E-state index in [9.17, 15) is 20.1 Å². The Morgan fingerprint density at radius 3 is 2.60 bits per heavy atom. The number of aliphatic hydroxyl groups is 3. The van der Waals surface area contributed by atoms with Crippen LogP contribution in [0.5, 0.6) is 0 Å². The van der Waals surface area contributed by atoms with Crippen molar-refractivity contribution >= 4 is 5.97 Å². The van der Waals surface area contributed by atoms with Crippen molar-refractivity contribution in [3.63, 3.8) is 0 Å². The van der Waals surface area contributed by atoms with Crippen molar-refractivity contribution in [3.8, 4) is 0 Å². The van der Waals surface area contributed by atoms with Crippen LogP contribution in [0.2, 0.25) is 0 Å². The minimum absolute atomic E-state index is 0.0663. The Bertz CT molecular complexity index is 432. The number of unbranched alkanes of at least 4 members (excludes halogenated alkanes) is 3.